The Kier molecular flexibility index (Phi) is 8.03. The summed E-state index contributed by atoms with van der Waals surface area (Å²) in [6, 6.07) is 26.6. The normalized spacial score (nSPS) is 19.7. The van der Waals surface area contributed by atoms with Crippen LogP contribution in [0.5, 0.6) is 5.75 Å². The highest BCUT2D eigenvalue weighted by Gasteiger charge is 2.41. The topological polar surface area (TPSA) is 92.1 Å². The van der Waals surface area contributed by atoms with Gasteiger partial charge < -0.3 is 24.3 Å². The lowest BCUT2D eigenvalue weighted by atomic mass is 9.88. The fourth-order valence-corrected chi connectivity index (χ4v) is 5.71. The predicted molar refractivity (Wildman–Crippen MR) is 160 cm³/mol. The van der Waals surface area contributed by atoms with Gasteiger partial charge in [0.05, 0.1) is 12.5 Å². The summed E-state index contributed by atoms with van der Waals surface area (Å²) < 4.78 is 11.9. The number of nitrogens with one attached hydrogen (secondary N) is 1. The van der Waals surface area contributed by atoms with Crippen molar-refractivity contribution in [1.29, 1.82) is 0 Å². The maximum Gasteiger partial charge on any atom is 0.289 e. The van der Waals surface area contributed by atoms with Gasteiger partial charge in [-0.2, -0.15) is 0 Å². The number of likely N-dealkylation sites (tertiary alicyclic amines) is 1. The summed E-state index contributed by atoms with van der Waals surface area (Å²) in [6.07, 6.45) is 3.98. The van der Waals surface area contributed by atoms with Crippen LogP contribution in [0.25, 0.3) is 17.0 Å². The number of para-hydroxylation sites is 1. The number of furan rings is 1. The van der Waals surface area contributed by atoms with Gasteiger partial charge in [-0.05, 0) is 47.9 Å². The second-order valence-electron chi connectivity index (χ2n) is 10.7. The molecule has 0 unspecified atom stereocenters. The third-order valence-electron chi connectivity index (χ3n) is 7.93. The van der Waals surface area contributed by atoms with Gasteiger partial charge >= 0.3 is 0 Å². The monoisotopic (exact) mass is 563 g/mol. The fourth-order valence-electron chi connectivity index (χ4n) is 5.71. The smallest absolute Gasteiger partial charge is 0.289 e. The molecular weight excluding hydrogens is 530 g/mol. The van der Waals surface area contributed by atoms with Gasteiger partial charge in [0.15, 0.2) is 5.76 Å². The van der Waals surface area contributed by atoms with Gasteiger partial charge in [0.25, 0.3) is 5.91 Å². The third kappa shape index (κ3) is 6.07. The summed E-state index contributed by atoms with van der Waals surface area (Å²) in [5.74, 6) is -0.123. The lowest BCUT2D eigenvalue weighted by Crippen LogP contribution is -2.39. The van der Waals surface area contributed by atoms with Crippen LogP contribution in [-0.4, -0.2) is 66.9 Å². The number of fused-ring (bicyclic) bond motifs is 5. The number of hydrogen-bond acceptors (Lipinski definition) is 5. The highest BCUT2D eigenvalue weighted by atomic mass is 16.5. The maximum absolute atomic E-state index is 13.5. The van der Waals surface area contributed by atoms with E-state index in [1.54, 1.807) is 28.0 Å². The molecule has 8 nitrogen and oxygen atoms in total. The zero-order valence-electron chi connectivity index (χ0n) is 23.3. The first-order valence-corrected chi connectivity index (χ1v) is 14.4. The number of ether oxygens (including phenoxy) is 1. The van der Waals surface area contributed by atoms with E-state index < -0.39 is 5.92 Å². The summed E-state index contributed by atoms with van der Waals surface area (Å²) in [5, 5.41) is 3.93. The van der Waals surface area contributed by atoms with Crippen LogP contribution in [0.1, 0.15) is 34.0 Å². The van der Waals surface area contributed by atoms with Crippen LogP contribution in [0, 0.1) is 5.92 Å². The van der Waals surface area contributed by atoms with E-state index in [1.165, 1.54) is 0 Å². The van der Waals surface area contributed by atoms with E-state index in [9.17, 15) is 14.4 Å². The molecule has 2 aliphatic heterocycles. The summed E-state index contributed by atoms with van der Waals surface area (Å²) >= 11 is 0. The quantitative estimate of drug-likeness (QED) is 0.364. The first-order valence-electron chi connectivity index (χ1n) is 14.4. The second-order valence-corrected chi connectivity index (χ2v) is 10.7. The molecule has 6 rings (SSSR count). The van der Waals surface area contributed by atoms with Crippen molar-refractivity contribution >= 4 is 34.8 Å². The van der Waals surface area contributed by atoms with Crippen LogP contribution in [-0.2, 0) is 9.59 Å². The Morgan fingerprint density at radius 3 is 2.52 bits per heavy atom. The molecule has 2 aliphatic rings. The van der Waals surface area contributed by atoms with E-state index in [4.69, 9.17) is 9.15 Å². The molecule has 0 spiro atoms. The Hall–Kier alpha value is -4.85. The van der Waals surface area contributed by atoms with Crippen molar-refractivity contribution in [3.05, 3.63) is 108 Å². The number of carbonyl (C=O) groups excluding carboxylic acids is 3. The predicted octanol–water partition coefficient (Wildman–Crippen LogP) is 4.73. The molecule has 0 radical (unpaired) electrons. The zero-order valence-corrected chi connectivity index (χ0v) is 23.3. The molecule has 3 aromatic carbocycles. The van der Waals surface area contributed by atoms with Gasteiger partial charge in [-0.25, -0.2) is 0 Å². The molecule has 8 heteroatoms. The van der Waals surface area contributed by atoms with E-state index in [0.29, 0.717) is 50.5 Å². The van der Waals surface area contributed by atoms with Crippen LogP contribution in [0.2, 0.25) is 0 Å². The fraction of sp³-hybridized carbons (Fsp3) is 0.265. The van der Waals surface area contributed by atoms with E-state index in [1.807, 2.05) is 78.9 Å². The summed E-state index contributed by atoms with van der Waals surface area (Å²) in [7, 11) is 0. The summed E-state index contributed by atoms with van der Waals surface area (Å²) in [5.41, 5.74) is 2.54. The molecule has 3 heterocycles. The van der Waals surface area contributed by atoms with E-state index >= 15 is 0 Å². The van der Waals surface area contributed by atoms with Gasteiger partial charge in [0, 0.05) is 43.6 Å². The van der Waals surface area contributed by atoms with Gasteiger partial charge in [0.2, 0.25) is 11.8 Å². The van der Waals surface area contributed by atoms with Crippen molar-refractivity contribution in [3.8, 4) is 5.75 Å². The van der Waals surface area contributed by atoms with E-state index in [0.717, 1.165) is 16.5 Å². The SMILES string of the molecule is O=C1NCCCN(C(=O)/C=C/c2ccccc2)CCOc2cccc(c2)[C@H]2CN(C(=O)c3cc4ccccc4o3)C[C@H]12. The van der Waals surface area contributed by atoms with Crippen molar-refractivity contribution in [3.63, 3.8) is 0 Å². The lowest BCUT2D eigenvalue weighted by Gasteiger charge is -2.24. The molecule has 4 aromatic rings. The number of hydrogen-bond donors (Lipinski definition) is 1. The van der Waals surface area contributed by atoms with E-state index in [-0.39, 0.29) is 35.9 Å². The maximum atomic E-state index is 13.5. The van der Waals surface area contributed by atoms with Crippen molar-refractivity contribution < 1.29 is 23.5 Å². The minimum atomic E-state index is -0.428. The molecule has 2 atom stereocenters. The van der Waals surface area contributed by atoms with Gasteiger partial charge in [0.1, 0.15) is 17.9 Å². The minimum Gasteiger partial charge on any atom is -0.492 e. The number of carbonyl (C=O) groups is 3. The Morgan fingerprint density at radius 2 is 1.67 bits per heavy atom. The number of amides is 3. The summed E-state index contributed by atoms with van der Waals surface area (Å²) in [6.45, 7) is 2.34. The Bertz CT molecular complexity index is 1580. The van der Waals surface area contributed by atoms with Crippen LogP contribution in [0.15, 0.2) is 95.4 Å². The van der Waals surface area contributed by atoms with Crippen LogP contribution >= 0.6 is 0 Å². The third-order valence-corrected chi connectivity index (χ3v) is 7.93. The van der Waals surface area contributed by atoms with Crippen LogP contribution < -0.4 is 10.1 Å². The average Bonchev–Trinajstić information content (AvgIpc) is 3.66. The molecule has 2 bridgehead atoms. The first-order chi connectivity index (χ1) is 20.5. The molecule has 1 fully saturated rings. The number of rotatable bonds is 3. The molecule has 3 amide bonds. The molecule has 42 heavy (non-hydrogen) atoms. The van der Waals surface area contributed by atoms with Crippen molar-refractivity contribution in [2.75, 3.05) is 39.3 Å². The largest absolute Gasteiger partial charge is 0.492 e. The Morgan fingerprint density at radius 1 is 0.857 bits per heavy atom. The second kappa shape index (κ2) is 12.3. The average molecular weight is 564 g/mol. The van der Waals surface area contributed by atoms with Gasteiger partial charge in [-0.1, -0.05) is 60.7 Å². The first kappa shape index (κ1) is 27.3. The molecule has 1 aromatic heterocycles. The highest BCUT2D eigenvalue weighted by molar-refractivity contribution is 5.97. The summed E-state index contributed by atoms with van der Waals surface area (Å²) in [4.78, 5) is 43.4. The molecule has 1 saturated heterocycles. The molecular formula is C34H33N3O5. The number of benzene rings is 3. The van der Waals surface area contributed by atoms with Gasteiger partial charge in [-0.15, -0.1) is 0 Å². The lowest BCUT2D eigenvalue weighted by molar-refractivity contribution is -0.126. The standard InChI is InChI=1S/C34H33N3O5/c38-32(15-14-24-8-2-1-3-9-24)36-17-7-16-35-33(39)29-23-37(34(40)31-21-26-10-4-5-13-30(26)42-31)22-28(29)25-11-6-12-27(20-25)41-19-18-36/h1-6,8-15,20-21,28-29H,7,16-19,22-23H2,(H,35,39)/b15-14+/t28-,29+/m1/s1. The highest BCUT2D eigenvalue weighted by Crippen LogP contribution is 2.36. The van der Waals surface area contributed by atoms with Crippen molar-refractivity contribution in [1.82, 2.24) is 15.1 Å². The van der Waals surface area contributed by atoms with Crippen LogP contribution in [0.3, 0.4) is 0 Å². The molecule has 214 valence electrons. The van der Waals surface area contributed by atoms with Crippen molar-refractivity contribution in [2.45, 2.75) is 12.3 Å². The molecule has 1 N–H and O–H groups in total. The molecule has 0 aliphatic carbocycles. The zero-order chi connectivity index (χ0) is 28.9. The Balaban J connectivity index is 1.19. The van der Waals surface area contributed by atoms with Crippen LogP contribution in [0.4, 0.5) is 0 Å². The minimum absolute atomic E-state index is 0.106. The van der Waals surface area contributed by atoms with Crippen molar-refractivity contribution in [2.24, 2.45) is 5.92 Å². The number of nitrogens with zero attached hydrogens (tertiary/aromatic N) is 2. The van der Waals surface area contributed by atoms with Gasteiger partial charge in [-0.3, -0.25) is 14.4 Å². The Labute approximate surface area is 244 Å². The molecule has 0 saturated carbocycles. The van der Waals surface area contributed by atoms with E-state index in [2.05, 4.69) is 5.32 Å².